The van der Waals surface area contributed by atoms with Crippen LogP contribution in [0.2, 0.25) is 0 Å². The maximum Gasteiger partial charge on any atom is 0.235 e. The lowest BCUT2D eigenvalue weighted by Gasteiger charge is -2.34. The number of para-hydroxylation sites is 1. The van der Waals surface area contributed by atoms with E-state index in [2.05, 4.69) is 211 Å². The summed E-state index contributed by atoms with van der Waals surface area (Å²) in [7, 11) is 0. The minimum absolute atomic E-state index is 0.525. The second kappa shape index (κ2) is 12.9. The highest BCUT2D eigenvalue weighted by atomic mass is 15.2. The minimum Gasteiger partial charge on any atom is -0.278 e. The van der Waals surface area contributed by atoms with Gasteiger partial charge in [-0.05, 0) is 68.8 Å². The Labute approximate surface area is 325 Å². The molecule has 0 saturated heterocycles. The van der Waals surface area contributed by atoms with Crippen LogP contribution in [0.3, 0.4) is 0 Å². The Morgan fingerprint density at radius 3 is 1.50 bits per heavy atom. The van der Waals surface area contributed by atoms with Crippen LogP contribution in [0, 0.1) is 0 Å². The van der Waals surface area contributed by atoms with Gasteiger partial charge in [-0.25, -0.2) is 9.97 Å². The summed E-state index contributed by atoms with van der Waals surface area (Å²) in [6.45, 7) is 0. The summed E-state index contributed by atoms with van der Waals surface area (Å²) in [4.78, 5) is 10.8. The van der Waals surface area contributed by atoms with Crippen molar-refractivity contribution in [1.82, 2.24) is 14.5 Å². The molecule has 262 valence electrons. The Morgan fingerprint density at radius 1 is 0.339 bits per heavy atom. The van der Waals surface area contributed by atoms with Crippen molar-refractivity contribution in [2.75, 3.05) is 0 Å². The predicted molar refractivity (Wildman–Crippen MR) is 230 cm³/mol. The van der Waals surface area contributed by atoms with E-state index in [-0.39, 0.29) is 0 Å². The van der Waals surface area contributed by atoms with E-state index in [4.69, 9.17) is 9.97 Å². The van der Waals surface area contributed by atoms with Gasteiger partial charge < -0.3 is 0 Å². The van der Waals surface area contributed by atoms with Gasteiger partial charge >= 0.3 is 0 Å². The average Bonchev–Trinajstić information content (AvgIpc) is 3.76. The number of aromatic nitrogens is 3. The van der Waals surface area contributed by atoms with Crippen molar-refractivity contribution in [2.45, 2.75) is 5.41 Å². The molecule has 2 aromatic heterocycles. The molecule has 2 heterocycles. The van der Waals surface area contributed by atoms with E-state index in [1.165, 1.54) is 55.3 Å². The number of nitrogens with zero attached hydrogens (tertiary/aromatic N) is 3. The lowest BCUT2D eigenvalue weighted by molar-refractivity contribution is 0.769. The summed E-state index contributed by atoms with van der Waals surface area (Å²) < 4.78 is 2.28. The first-order chi connectivity index (χ1) is 27.8. The molecule has 11 rings (SSSR count). The molecule has 1 aliphatic carbocycles. The number of hydrogen-bond donors (Lipinski definition) is 0. The van der Waals surface area contributed by atoms with Gasteiger partial charge in [0.05, 0.1) is 27.8 Å². The summed E-state index contributed by atoms with van der Waals surface area (Å²) in [5.74, 6) is 0.639. The summed E-state index contributed by atoms with van der Waals surface area (Å²) in [5, 5.41) is 2.34. The highest BCUT2D eigenvalue weighted by Crippen LogP contribution is 2.57. The van der Waals surface area contributed by atoms with Crippen molar-refractivity contribution in [3.8, 4) is 50.7 Å². The van der Waals surface area contributed by atoms with Crippen LogP contribution >= 0.6 is 0 Å². The van der Waals surface area contributed by atoms with E-state index in [0.717, 1.165) is 33.5 Å². The zero-order valence-electron chi connectivity index (χ0n) is 30.5. The van der Waals surface area contributed by atoms with Gasteiger partial charge in [0.1, 0.15) is 0 Å². The Morgan fingerprint density at radius 2 is 0.839 bits per heavy atom. The Kier molecular flexibility index (Phi) is 7.39. The van der Waals surface area contributed by atoms with Crippen molar-refractivity contribution in [3.63, 3.8) is 0 Å². The normalized spacial score (nSPS) is 12.8. The van der Waals surface area contributed by atoms with Crippen LogP contribution in [0.15, 0.2) is 212 Å². The summed E-state index contributed by atoms with van der Waals surface area (Å²) in [6, 6.07) is 76.2. The fourth-order valence-electron chi connectivity index (χ4n) is 9.02. The first-order valence-electron chi connectivity index (χ1n) is 19.2. The Balaban J connectivity index is 1.20. The van der Waals surface area contributed by atoms with E-state index in [1.54, 1.807) is 0 Å². The largest absolute Gasteiger partial charge is 0.278 e. The molecule has 0 radical (unpaired) electrons. The number of rotatable bonds is 6. The first-order valence-corrected chi connectivity index (χ1v) is 19.2. The second-order valence-electron chi connectivity index (χ2n) is 14.5. The second-order valence-corrected chi connectivity index (χ2v) is 14.5. The van der Waals surface area contributed by atoms with E-state index in [0.29, 0.717) is 5.95 Å². The molecule has 0 saturated carbocycles. The number of benzene rings is 8. The average molecular weight is 714 g/mol. The van der Waals surface area contributed by atoms with Gasteiger partial charge in [-0.1, -0.05) is 188 Å². The lowest BCUT2D eigenvalue weighted by atomic mass is 9.67. The molecule has 0 bridgehead atoms. The van der Waals surface area contributed by atoms with Gasteiger partial charge in [-0.15, -0.1) is 0 Å². The summed E-state index contributed by atoms with van der Waals surface area (Å²) >= 11 is 0. The zero-order chi connectivity index (χ0) is 37.1. The molecule has 0 fully saturated rings. The van der Waals surface area contributed by atoms with Gasteiger partial charge in [0.15, 0.2) is 0 Å². The maximum atomic E-state index is 5.41. The molecule has 1 aliphatic rings. The highest BCUT2D eigenvalue weighted by molar-refractivity contribution is 6.12. The molecule has 56 heavy (non-hydrogen) atoms. The van der Waals surface area contributed by atoms with Crippen LogP contribution in [0.25, 0.3) is 72.5 Å². The van der Waals surface area contributed by atoms with Crippen molar-refractivity contribution in [1.29, 1.82) is 0 Å². The van der Waals surface area contributed by atoms with E-state index >= 15 is 0 Å². The molecule has 0 unspecified atom stereocenters. The van der Waals surface area contributed by atoms with Crippen LogP contribution in [-0.2, 0) is 5.41 Å². The van der Waals surface area contributed by atoms with Crippen molar-refractivity contribution in [2.24, 2.45) is 0 Å². The molecular formula is C53H35N3. The Hall–Kier alpha value is -7.36. The van der Waals surface area contributed by atoms with Crippen molar-refractivity contribution < 1.29 is 0 Å². The zero-order valence-corrected chi connectivity index (χ0v) is 30.5. The first kappa shape index (κ1) is 32.1. The van der Waals surface area contributed by atoms with Gasteiger partial charge in [0.2, 0.25) is 5.95 Å². The van der Waals surface area contributed by atoms with Gasteiger partial charge in [0, 0.05) is 21.9 Å². The molecule has 3 nitrogen and oxygen atoms in total. The summed E-state index contributed by atoms with van der Waals surface area (Å²) in [6.07, 6.45) is 0. The molecule has 0 aliphatic heterocycles. The monoisotopic (exact) mass is 713 g/mol. The molecular weight excluding hydrogens is 679 g/mol. The highest BCUT2D eigenvalue weighted by Gasteiger charge is 2.46. The quantitative estimate of drug-likeness (QED) is 0.172. The number of fused-ring (bicyclic) bond motifs is 6. The van der Waals surface area contributed by atoms with Crippen molar-refractivity contribution >= 4 is 21.8 Å². The van der Waals surface area contributed by atoms with Crippen molar-refractivity contribution in [3.05, 3.63) is 235 Å². The van der Waals surface area contributed by atoms with E-state index < -0.39 is 5.41 Å². The van der Waals surface area contributed by atoms with E-state index in [9.17, 15) is 0 Å². The molecule has 0 amide bonds. The van der Waals surface area contributed by atoms with Crippen LogP contribution in [0.1, 0.15) is 22.3 Å². The lowest BCUT2D eigenvalue weighted by Crippen LogP contribution is -2.28. The van der Waals surface area contributed by atoms with Gasteiger partial charge in [-0.3, -0.25) is 4.57 Å². The minimum atomic E-state index is -0.525. The smallest absolute Gasteiger partial charge is 0.235 e. The van der Waals surface area contributed by atoms with Gasteiger partial charge in [-0.2, -0.15) is 0 Å². The maximum absolute atomic E-state index is 5.41. The molecule has 0 spiro atoms. The third-order valence-electron chi connectivity index (χ3n) is 11.5. The third-order valence-corrected chi connectivity index (χ3v) is 11.5. The SMILES string of the molecule is c1ccc(-c2ccc(-c3cc(-c4ccccc4)nc(-n4c5ccccc5c5cc6c(cc54)C(c4ccccc4)(c4ccccc4)c4ccccc4-6)n3)cc2)cc1. The number of hydrogen-bond acceptors (Lipinski definition) is 2. The Bertz CT molecular complexity index is 3000. The van der Waals surface area contributed by atoms with Crippen LogP contribution in [0.4, 0.5) is 0 Å². The van der Waals surface area contributed by atoms with Crippen LogP contribution in [0.5, 0.6) is 0 Å². The topological polar surface area (TPSA) is 30.7 Å². The standard InChI is InChI=1S/C53H35N3/c1-5-17-36(18-6-1)37-29-31-39(32-30-37)49-35-48(38-19-7-2-8-20-38)54-52(55-49)56-50-28-16-14-26-43(50)45-33-44-42-25-13-15-27-46(42)53(47(44)34-51(45)56,40-21-9-3-10-22-40)41-23-11-4-12-24-41/h1-35H. The summed E-state index contributed by atoms with van der Waals surface area (Å²) in [5.41, 5.74) is 15.3. The van der Waals surface area contributed by atoms with E-state index in [1.807, 2.05) is 6.07 Å². The fourth-order valence-corrected chi connectivity index (χ4v) is 9.02. The molecule has 3 heteroatoms. The fraction of sp³-hybridized carbons (Fsp3) is 0.0189. The molecule has 0 N–H and O–H groups in total. The molecule has 10 aromatic rings. The predicted octanol–water partition coefficient (Wildman–Crippen LogP) is 12.9. The molecule has 8 aromatic carbocycles. The van der Waals surface area contributed by atoms with Crippen LogP contribution in [-0.4, -0.2) is 14.5 Å². The van der Waals surface area contributed by atoms with Crippen LogP contribution < -0.4 is 0 Å². The molecule has 0 atom stereocenters. The third kappa shape index (κ3) is 4.91. The van der Waals surface area contributed by atoms with Gasteiger partial charge in [0.25, 0.3) is 0 Å².